The van der Waals surface area contributed by atoms with Gasteiger partial charge >= 0.3 is 6.18 Å². The Labute approximate surface area is 102 Å². The predicted molar refractivity (Wildman–Crippen MR) is 63.0 cm³/mol. The summed E-state index contributed by atoms with van der Waals surface area (Å²) < 4.78 is 36.5. The summed E-state index contributed by atoms with van der Waals surface area (Å²) in [6.07, 6.45) is -0.478. The number of halogens is 3. The minimum Gasteiger partial charge on any atom is -0.312 e. The molecular weight excluding hydrogens is 229 g/mol. The number of alkyl halides is 3. The topological polar surface area (TPSA) is 15.3 Å². The fourth-order valence-electron chi connectivity index (χ4n) is 2.50. The van der Waals surface area contributed by atoms with E-state index in [4.69, 9.17) is 0 Å². The number of likely N-dealkylation sites (N-methyl/N-ethyl adjacent to an activating group) is 1. The van der Waals surface area contributed by atoms with E-state index in [0.29, 0.717) is 6.04 Å². The van der Waals surface area contributed by atoms with E-state index >= 15 is 0 Å². The van der Waals surface area contributed by atoms with Crippen molar-refractivity contribution in [3.8, 4) is 0 Å². The van der Waals surface area contributed by atoms with Gasteiger partial charge in [-0.1, -0.05) is 13.3 Å². The van der Waals surface area contributed by atoms with Crippen LogP contribution in [0.15, 0.2) is 0 Å². The minimum absolute atomic E-state index is 0.110. The lowest BCUT2D eigenvalue weighted by Crippen LogP contribution is -2.46. The van der Waals surface area contributed by atoms with Crippen LogP contribution >= 0.6 is 0 Å². The maximum atomic E-state index is 12.2. The van der Waals surface area contributed by atoms with E-state index in [1.165, 1.54) is 0 Å². The average Bonchev–Trinajstić information content (AvgIpc) is 2.70. The summed E-state index contributed by atoms with van der Waals surface area (Å²) in [5.74, 6) is 0. The molecule has 2 unspecified atom stereocenters. The molecule has 2 nitrogen and oxygen atoms in total. The minimum atomic E-state index is -4.04. The average molecular weight is 252 g/mol. The van der Waals surface area contributed by atoms with Crippen molar-refractivity contribution in [1.82, 2.24) is 10.2 Å². The van der Waals surface area contributed by atoms with Crippen LogP contribution in [0.25, 0.3) is 0 Å². The number of hydrogen-bond acceptors (Lipinski definition) is 2. The van der Waals surface area contributed by atoms with Crippen LogP contribution in [0.5, 0.6) is 0 Å². The van der Waals surface area contributed by atoms with Gasteiger partial charge in [-0.25, -0.2) is 0 Å². The fraction of sp³-hybridized carbons (Fsp3) is 1.00. The molecule has 5 heteroatoms. The first kappa shape index (κ1) is 14.8. The molecule has 1 aliphatic carbocycles. The maximum Gasteiger partial charge on any atom is 0.390 e. The van der Waals surface area contributed by atoms with Crippen LogP contribution in [0.3, 0.4) is 0 Å². The summed E-state index contributed by atoms with van der Waals surface area (Å²) in [6.45, 7) is 3.16. The third kappa shape index (κ3) is 5.25. The lowest BCUT2D eigenvalue weighted by Gasteiger charge is -2.30. The van der Waals surface area contributed by atoms with E-state index in [-0.39, 0.29) is 12.6 Å². The number of hydrogen-bond donors (Lipinski definition) is 1. The third-order valence-electron chi connectivity index (χ3n) is 3.45. The van der Waals surface area contributed by atoms with Crippen molar-refractivity contribution in [3.05, 3.63) is 0 Å². The van der Waals surface area contributed by atoms with Gasteiger partial charge in [-0.05, 0) is 32.9 Å². The highest BCUT2D eigenvalue weighted by atomic mass is 19.4. The van der Waals surface area contributed by atoms with Gasteiger partial charge in [0.25, 0.3) is 0 Å². The summed E-state index contributed by atoms with van der Waals surface area (Å²) >= 11 is 0. The van der Waals surface area contributed by atoms with E-state index in [1.807, 2.05) is 11.9 Å². The van der Waals surface area contributed by atoms with E-state index in [9.17, 15) is 13.2 Å². The van der Waals surface area contributed by atoms with Crippen molar-refractivity contribution in [2.24, 2.45) is 0 Å². The molecule has 0 amide bonds. The highest BCUT2D eigenvalue weighted by molar-refractivity contribution is 4.89. The maximum absolute atomic E-state index is 12.2. The van der Waals surface area contributed by atoms with Crippen molar-refractivity contribution < 1.29 is 13.2 Å². The third-order valence-corrected chi connectivity index (χ3v) is 3.45. The monoisotopic (exact) mass is 252 g/mol. The molecule has 1 fully saturated rings. The van der Waals surface area contributed by atoms with Crippen LogP contribution in [-0.2, 0) is 0 Å². The molecule has 1 saturated carbocycles. The lowest BCUT2D eigenvalue weighted by atomic mass is 10.1. The first-order valence-electron chi connectivity index (χ1n) is 6.44. The summed E-state index contributed by atoms with van der Waals surface area (Å²) in [4.78, 5) is 1.87. The fourth-order valence-corrected chi connectivity index (χ4v) is 2.50. The van der Waals surface area contributed by atoms with E-state index in [1.54, 1.807) is 0 Å². The molecule has 17 heavy (non-hydrogen) atoms. The zero-order valence-corrected chi connectivity index (χ0v) is 10.7. The Balaban J connectivity index is 2.36. The van der Waals surface area contributed by atoms with Crippen LogP contribution in [0.2, 0.25) is 0 Å². The van der Waals surface area contributed by atoms with E-state index in [2.05, 4.69) is 12.2 Å². The van der Waals surface area contributed by atoms with Crippen LogP contribution in [0, 0.1) is 0 Å². The van der Waals surface area contributed by atoms with Gasteiger partial charge in [0.2, 0.25) is 0 Å². The molecule has 102 valence electrons. The Hall–Kier alpha value is -0.290. The second kappa shape index (κ2) is 6.59. The molecule has 0 heterocycles. The summed E-state index contributed by atoms with van der Waals surface area (Å²) in [5.41, 5.74) is 0. The summed E-state index contributed by atoms with van der Waals surface area (Å²) in [5, 5.41) is 3.44. The Morgan fingerprint density at radius 2 is 2.00 bits per heavy atom. The molecule has 0 aromatic heterocycles. The molecule has 1 N–H and O–H groups in total. The van der Waals surface area contributed by atoms with Crippen LogP contribution in [0.1, 0.15) is 39.0 Å². The Kier molecular flexibility index (Phi) is 5.73. The van der Waals surface area contributed by atoms with Crippen molar-refractivity contribution in [2.75, 3.05) is 20.1 Å². The quantitative estimate of drug-likeness (QED) is 0.782. The van der Waals surface area contributed by atoms with Crippen LogP contribution < -0.4 is 5.32 Å². The van der Waals surface area contributed by atoms with Gasteiger partial charge < -0.3 is 10.2 Å². The van der Waals surface area contributed by atoms with E-state index < -0.39 is 12.6 Å². The summed E-state index contributed by atoms with van der Waals surface area (Å²) in [7, 11) is 1.81. The normalized spacial score (nSPS) is 25.8. The van der Waals surface area contributed by atoms with Gasteiger partial charge in [-0.2, -0.15) is 13.2 Å². The first-order valence-corrected chi connectivity index (χ1v) is 6.44. The highest BCUT2D eigenvalue weighted by Crippen LogP contribution is 2.26. The molecule has 0 bridgehead atoms. The second-order valence-electron chi connectivity index (χ2n) is 4.90. The summed E-state index contributed by atoms with van der Waals surface area (Å²) in [6, 6.07) is 0.636. The predicted octanol–water partition coefficient (Wildman–Crippen LogP) is 2.79. The number of nitrogens with zero attached hydrogens (tertiary/aromatic N) is 1. The van der Waals surface area contributed by atoms with Crippen molar-refractivity contribution in [1.29, 1.82) is 0 Å². The molecular formula is C12H23F3N2. The molecule has 0 aromatic rings. The largest absolute Gasteiger partial charge is 0.390 e. The SMILES string of the molecule is CCCNC1CCCC1N(C)CCC(F)(F)F. The van der Waals surface area contributed by atoms with Gasteiger partial charge in [-0.15, -0.1) is 0 Å². The zero-order chi connectivity index (χ0) is 12.9. The number of nitrogens with one attached hydrogen (secondary N) is 1. The molecule has 0 aromatic carbocycles. The molecule has 0 radical (unpaired) electrons. The Morgan fingerprint density at radius 1 is 1.29 bits per heavy atom. The highest BCUT2D eigenvalue weighted by Gasteiger charge is 2.33. The molecule has 0 saturated heterocycles. The van der Waals surface area contributed by atoms with Crippen LogP contribution in [-0.4, -0.2) is 43.3 Å². The van der Waals surface area contributed by atoms with Gasteiger partial charge in [0.15, 0.2) is 0 Å². The van der Waals surface area contributed by atoms with Gasteiger partial charge in [0, 0.05) is 18.6 Å². The van der Waals surface area contributed by atoms with Crippen LogP contribution in [0.4, 0.5) is 13.2 Å². The smallest absolute Gasteiger partial charge is 0.312 e. The van der Waals surface area contributed by atoms with Gasteiger partial charge in [0.1, 0.15) is 0 Å². The molecule has 1 rings (SSSR count). The van der Waals surface area contributed by atoms with E-state index in [0.717, 1.165) is 32.2 Å². The molecule has 0 spiro atoms. The lowest BCUT2D eigenvalue weighted by molar-refractivity contribution is -0.138. The van der Waals surface area contributed by atoms with Crippen molar-refractivity contribution >= 4 is 0 Å². The second-order valence-corrected chi connectivity index (χ2v) is 4.90. The van der Waals surface area contributed by atoms with Gasteiger partial charge in [-0.3, -0.25) is 0 Å². The Morgan fingerprint density at radius 3 is 2.59 bits per heavy atom. The first-order chi connectivity index (χ1) is 7.94. The van der Waals surface area contributed by atoms with Gasteiger partial charge in [0.05, 0.1) is 6.42 Å². The Bertz CT molecular complexity index is 218. The zero-order valence-electron chi connectivity index (χ0n) is 10.7. The molecule has 0 aliphatic heterocycles. The molecule has 2 atom stereocenters. The standard InChI is InChI=1S/C12H23F3N2/c1-3-8-16-10-5-4-6-11(10)17(2)9-7-12(13,14)15/h10-11,16H,3-9H2,1-2H3. The van der Waals surface area contributed by atoms with Crippen molar-refractivity contribution in [3.63, 3.8) is 0 Å². The van der Waals surface area contributed by atoms with Crippen molar-refractivity contribution in [2.45, 2.75) is 57.3 Å². The number of rotatable bonds is 6. The molecule has 1 aliphatic rings.